The van der Waals surface area contributed by atoms with Crippen molar-refractivity contribution < 1.29 is 4.79 Å². The summed E-state index contributed by atoms with van der Waals surface area (Å²) >= 11 is 1.88. The Bertz CT molecular complexity index is 363. The Morgan fingerprint density at radius 3 is 2.88 bits per heavy atom. The normalized spacial score (nSPS) is 21.1. The predicted octanol–water partition coefficient (Wildman–Crippen LogP) is 1.18. The Kier molecular flexibility index (Phi) is 4.45. The van der Waals surface area contributed by atoms with Gasteiger partial charge < -0.3 is 11.1 Å². The molecule has 92 valence electrons. The Labute approximate surface area is 106 Å². The topological polar surface area (TPSA) is 55.1 Å². The van der Waals surface area contributed by atoms with Crippen molar-refractivity contribution in [1.82, 2.24) is 5.32 Å². The third-order valence-electron chi connectivity index (χ3n) is 2.91. The van der Waals surface area contributed by atoms with Crippen molar-refractivity contribution in [2.75, 3.05) is 11.5 Å². The first-order valence-electron chi connectivity index (χ1n) is 5.93. The maximum atomic E-state index is 11.9. The summed E-state index contributed by atoms with van der Waals surface area (Å²) in [6.45, 7) is 0. The van der Waals surface area contributed by atoms with E-state index in [1.807, 2.05) is 42.1 Å². The molecule has 0 bridgehead atoms. The summed E-state index contributed by atoms with van der Waals surface area (Å²) in [5.41, 5.74) is 7.02. The molecule has 1 aromatic rings. The highest BCUT2D eigenvalue weighted by Crippen LogP contribution is 2.17. The zero-order chi connectivity index (χ0) is 12.1. The number of nitrogens with one attached hydrogen (secondary N) is 1. The molecule has 3 N–H and O–H groups in total. The van der Waals surface area contributed by atoms with Crippen LogP contribution in [0, 0.1) is 0 Å². The summed E-state index contributed by atoms with van der Waals surface area (Å²) in [4.78, 5) is 11.9. The highest BCUT2D eigenvalue weighted by Gasteiger charge is 2.21. The lowest BCUT2D eigenvalue weighted by Gasteiger charge is -2.16. The molecule has 0 aliphatic carbocycles. The average Bonchev–Trinajstić information content (AvgIpc) is 2.83. The highest BCUT2D eigenvalue weighted by molar-refractivity contribution is 7.99. The lowest BCUT2D eigenvalue weighted by atomic mass is 10.1. The fourth-order valence-electron chi connectivity index (χ4n) is 1.92. The summed E-state index contributed by atoms with van der Waals surface area (Å²) in [5.74, 6) is 2.13. The summed E-state index contributed by atoms with van der Waals surface area (Å²) in [5, 5.41) is 3.01. The van der Waals surface area contributed by atoms with Gasteiger partial charge in [-0.2, -0.15) is 11.8 Å². The largest absolute Gasteiger partial charge is 0.351 e. The smallest absolute Gasteiger partial charge is 0.237 e. The van der Waals surface area contributed by atoms with Crippen molar-refractivity contribution in [3.05, 3.63) is 35.9 Å². The Hall–Kier alpha value is -1.00. The van der Waals surface area contributed by atoms with Crippen molar-refractivity contribution in [1.29, 1.82) is 0 Å². The molecular weight excluding hydrogens is 232 g/mol. The van der Waals surface area contributed by atoms with E-state index in [0.717, 1.165) is 23.5 Å². The van der Waals surface area contributed by atoms with Gasteiger partial charge in [-0.1, -0.05) is 30.3 Å². The second kappa shape index (κ2) is 6.07. The zero-order valence-corrected chi connectivity index (χ0v) is 10.6. The van der Waals surface area contributed by atoms with Crippen LogP contribution in [0.1, 0.15) is 12.0 Å². The first-order valence-corrected chi connectivity index (χ1v) is 7.09. The third kappa shape index (κ3) is 3.75. The lowest BCUT2D eigenvalue weighted by molar-refractivity contribution is -0.122. The van der Waals surface area contributed by atoms with Crippen molar-refractivity contribution in [2.24, 2.45) is 5.73 Å². The molecule has 1 heterocycles. The summed E-state index contributed by atoms with van der Waals surface area (Å²) in [6, 6.07) is 9.76. The van der Waals surface area contributed by atoms with Crippen LogP contribution in [-0.4, -0.2) is 29.5 Å². The van der Waals surface area contributed by atoms with Crippen molar-refractivity contribution in [3.63, 3.8) is 0 Å². The summed E-state index contributed by atoms with van der Waals surface area (Å²) in [6.07, 6.45) is 1.67. The molecule has 1 aliphatic rings. The van der Waals surface area contributed by atoms with E-state index >= 15 is 0 Å². The molecule has 2 rings (SSSR count). The van der Waals surface area contributed by atoms with Crippen LogP contribution >= 0.6 is 11.8 Å². The van der Waals surface area contributed by atoms with E-state index in [1.54, 1.807) is 0 Å². The number of thioether (sulfide) groups is 1. The van der Waals surface area contributed by atoms with E-state index in [9.17, 15) is 4.79 Å². The van der Waals surface area contributed by atoms with Gasteiger partial charge in [0.2, 0.25) is 5.91 Å². The van der Waals surface area contributed by atoms with Gasteiger partial charge in [-0.3, -0.25) is 4.79 Å². The molecule has 2 atom stereocenters. The molecule has 4 heteroatoms. The van der Waals surface area contributed by atoms with E-state index in [2.05, 4.69) is 5.32 Å². The van der Waals surface area contributed by atoms with Crippen LogP contribution in [0.25, 0.3) is 0 Å². The second-order valence-electron chi connectivity index (χ2n) is 4.37. The molecule has 0 aromatic heterocycles. The van der Waals surface area contributed by atoms with Gasteiger partial charge >= 0.3 is 0 Å². The van der Waals surface area contributed by atoms with E-state index in [4.69, 9.17) is 5.73 Å². The Morgan fingerprint density at radius 2 is 2.24 bits per heavy atom. The van der Waals surface area contributed by atoms with Gasteiger partial charge in [0.05, 0.1) is 6.04 Å². The molecule has 1 amide bonds. The van der Waals surface area contributed by atoms with Crippen LogP contribution in [0.5, 0.6) is 0 Å². The maximum absolute atomic E-state index is 11.9. The van der Waals surface area contributed by atoms with Gasteiger partial charge in [0.25, 0.3) is 0 Å². The van der Waals surface area contributed by atoms with E-state index in [0.29, 0.717) is 12.5 Å². The van der Waals surface area contributed by atoms with Crippen molar-refractivity contribution >= 4 is 17.7 Å². The van der Waals surface area contributed by atoms with Gasteiger partial charge in [0, 0.05) is 11.8 Å². The molecule has 1 aliphatic heterocycles. The Balaban J connectivity index is 1.82. The molecule has 0 spiro atoms. The molecule has 1 saturated heterocycles. The molecular formula is C13H18N2OS. The molecule has 0 saturated carbocycles. The van der Waals surface area contributed by atoms with Gasteiger partial charge in [-0.05, 0) is 24.2 Å². The summed E-state index contributed by atoms with van der Waals surface area (Å²) in [7, 11) is 0. The van der Waals surface area contributed by atoms with Crippen LogP contribution < -0.4 is 11.1 Å². The van der Waals surface area contributed by atoms with Gasteiger partial charge in [0.1, 0.15) is 0 Å². The fourth-order valence-corrected chi connectivity index (χ4v) is 3.07. The van der Waals surface area contributed by atoms with Gasteiger partial charge in [0.15, 0.2) is 0 Å². The van der Waals surface area contributed by atoms with Crippen LogP contribution in [0.15, 0.2) is 30.3 Å². The molecule has 1 fully saturated rings. The number of carbonyl (C=O) groups is 1. The van der Waals surface area contributed by atoms with E-state index < -0.39 is 6.04 Å². The number of amides is 1. The molecule has 0 radical (unpaired) electrons. The average molecular weight is 250 g/mol. The molecule has 17 heavy (non-hydrogen) atoms. The van der Waals surface area contributed by atoms with E-state index in [1.165, 1.54) is 0 Å². The van der Waals surface area contributed by atoms with Gasteiger partial charge in [-0.25, -0.2) is 0 Å². The first kappa shape index (κ1) is 12.5. The number of benzene rings is 1. The number of nitrogens with two attached hydrogens (primary N) is 1. The quantitative estimate of drug-likeness (QED) is 0.843. The minimum atomic E-state index is -0.442. The predicted molar refractivity (Wildman–Crippen MR) is 72.0 cm³/mol. The van der Waals surface area contributed by atoms with E-state index in [-0.39, 0.29) is 5.91 Å². The van der Waals surface area contributed by atoms with Crippen LogP contribution in [0.4, 0.5) is 0 Å². The monoisotopic (exact) mass is 250 g/mol. The van der Waals surface area contributed by atoms with Crippen LogP contribution in [0.2, 0.25) is 0 Å². The number of rotatable bonds is 4. The standard InChI is InChI=1S/C13H18N2OS/c14-12(8-10-4-2-1-3-5-10)13(16)15-11-6-7-17-9-11/h1-5,11-12H,6-9,14H2,(H,15,16)/t11?,12-/m0/s1. The Morgan fingerprint density at radius 1 is 1.47 bits per heavy atom. The fraction of sp³-hybridized carbons (Fsp3) is 0.462. The van der Waals surface area contributed by atoms with Gasteiger partial charge in [-0.15, -0.1) is 0 Å². The number of hydrogen-bond acceptors (Lipinski definition) is 3. The van der Waals surface area contributed by atoms with Crippen molar-refractivity contribution in [3.8, 4) is 0 Å². The lowest BCUT2D eigenvalue weighted by Crippen LogP contribution is -2.46. The molecule has 1 unspecified atom stereocenters. The third-order valence-corrected chi connectivity index (χ3v) is 4.07. The molecule has 3 nitrogen and oxygen atoms in total. The van der Waals surface area contributed by atoms with Crippen LogP contribution in [0.3, 0.4) is 0 Å². The minimum Gasteiger partial charge on any atom is -0.351 e. The summed E-state index contributed by atoms with van der Waals surface area (Å²) < 4.78 is 0. The number of hydrogen-bond donors (Lipinski definition) is 2. The first-order chi connectivity index (χ1) is 8.25. The maximum Gasteiger partial charge on any atom is 0.237 e. The second-order valence-corrected chi connectivity index (χ2v) is 5.52. The zero-order valence-electron chi connectivity index (χ0n) is 9.76. The van der Waals surface area contributed by atoms with Crippen molar-refractivity contribution in [2.45, 2.75) is 24.9 Å². The number of carbonyl (C=O) groups excluding carboxylic acids is 1. The minimum absolute atomic E-state index is 0.0265. The van der Waals surface area contributed by atoms with Crippen LogP contribution in [-0.2, 0) is 11.2 Å². The highest BCUT2D eigenvalue weighted by atomic mass is 32.2. The molecule has 1 aromatic carbocycles. The SMILES string of the molecule is N[C@@H](Cc1ccccc1)C(=O)NC1CCSC1.